The van der Waals surface area contributed by atoms with Gasteiger partial charge in [0.2, 0.25) is 0 Å². The highest BCUT2D eigenvalue weighted by Gasteiger charge is 2.19. The summed E-state index contributed by atoms with van der Waals surface area (Å²) in [6, 6.07) is 4.67. The lowest BCUT2D eigenvalue weighted by atomic mass is 10.0. The molecule has 0 heterocycles. The Hall–Kier alpha value is -1.33. The van der Waals surface area contributed by atoms with Crippen LogP contribution in [0.25, 0.3) is 10.5 Å². The fourth-order valence-corrected chi connectivity index (χ4v) is 2.86. The van der Waals surface area contributed by atoms with Crippen molar-refractivity contribution in [1.82, 2.24) is 0 Å². The van der Waals surface area contributed by atoms with E-state index in [1.165, 1.54) is 6.07 Å². The maximum atomic E-state index is 11.2. The van der Waals surface area contributed by atoms with Gasteiger partial charge in [-0.25, -0.2) is 0 Å². The van der Waals surface area contributed by atoms with Gasteiger partial charge in [-0.05, 0) is 25.8 Å². The lowest BCUT2D eigenvalue weighted by Gasteiger charge is -2.12. The van der Waals surface area contributed by atoms with Gasteiger partial charge in [0.25, 0.3) is 10.1 Å². The van der Waals surface area contributed by atoms with Crippen LogP contribution in [0, 0.1) is 0 Å². The van der Waals surface area contributed by atoms with E-state index in [9.17, 15) is 13.5 Å². The third-order valence-electron chi connectivity index (χ3n) is 2.81. The van der Waals surface area contributed by atoms with Crippen molar-refractivity contribution in [1.29, 1.82) is 0 Å². The Kier molecular flexibility index (Phi) is 2.52. The van der Waals surface area contributed by atoms with E-state index in [0.29, 0.717) is 16.9 Å². The molecular formula is C11H12O4S. The quantitative estimate of drug-likeness (QED) is 0.695. The van der Waals surface area contributed by atoms with Crippen LogP contribution >= 0.6 is 0 Å². The summed E-state index contributed by atoms with van der Waals surface area (Å²) in [5.74, 6) is 0.0517. The maximum absolute atomic E-state index is 11.2. The van der Waals surface area contributed by atoms with Crippen molar-refractivity contribution in [3.63, 3.8) is 0 Å². The van der Waals surface area contributed by atoms with E-state index in [1.54, 1.807) is 12.1 Å². The van der Waals surface area contributed by atoms with Crippen molar-refractivity contribution in [3.8, 4) is 5.75 Å². The Labute approximate surface area is 93.3 Å². The molecule has 0 bridgehead atoms. The highest BCUT2D eigenvalue weighted by molar-refractivity contribution is 7.95. The van der Waals surface area contributed by atoms with Gasteiger partial charge in [0.1, 0.15) is 5.75 Å². The van der Waals surface area contributed by atoms with Crippen molar-refractivity contribution < 1.29 is 18.1 Å². The number of hydrogen-bond donors (Lipinski definition) is 2. The molecule has 0 saturated heterocycles. The van der Waals surface area contributed by atoms with Gasteiger partial charge in [-0.1, -0.05) is 17.7 Å². The molecule has 16 heavy (non-hydrogen) atoms. The first-order valence-corrected chi connectivity index (χ1v) is 6.33. The zero-order valence-corrected chi connectivity index (χ0v) is 9.58. The molecule has 2 rings (SSSR count). The van der Waals surface area contributed by atoms with Gasteiger partial charge in [-0.15, -0.1) is 0 Å². The average Bonchev–Trinajstić information content (AvgIpc) is 2.16. The number of fused-ring (bicyclic) bond motifs is 1. The third-order valence-corrected chi connectivity index (χ3v) is 3.85. The second-order valence-corrected chi connectivity index (χ2v) is 5.32. The molecular weight excluding hydrogens is 228 g/mol. The topological polar surface area (TPSA) is 74.6 Å². The minimum Gasteiger partial charge on any atom is -0.507 e. The lowest BCUT2D eigenvalue weighted by molar-refractivity contribution is 0.469. The molecule has 0 radical (unpaired) electrons. The Morgan fingerprint density at radius 3 is 2.56 bits per heavy atom. The van der Waals surface area contributed by atoms with E-state index in [1.807, 2.05) is 6.92 Å². The van der Waals surface area contributed by atoms with Gasteiger partial charge in [0, 0.05) is 10.4 Å². The first-order chi connectivity index (χ1) is 7.41. The first kappa shape index (κ1) is 11.2. The molecule has 0 unspecified atom stereocenters. The molecule has 0 amide bonds. The van der Waals surface area contributed by atoms with Crippen molar-refractivity contribution in [2.24, 2.45) is 0 Å². The fourth-order valence-electron chi connectivity index (χ4n) is 2.05. The summed E-state index contributed by atoms with van der Waals surface area (Å²) in [4.78, 5) is -0.0102. The first-order valence-electron chi connectivity index (χ1n) is 4.89. The van der Waals surface area contributed by atoms with Gasteiger partial charge in [-0.2, -0.15) is 8.42 Å². The minimum absolute atomic E-state index is 0.0102. The Balaban J connectivity index is 3.05. The minimum atomic E-state index is -4.19. The van der Waals surface area contributed by atoms with Gasteiger partial charge >= 0.3 is 0 Å². The van der Waals surface area contributed by atoms with Gasteiger partial charge < -0.3 is 5.11 Å². The van der Waals surface area contributed by atoms with E-state index in [0.717, 1.165) is 5.57 Å². The van der Waals surface area contributed by atoms with Crippen LogP contribution in [-0.4, -0.2) is 18.1 Å². The van der Waals surface area contributed by atoms with Crippen LogP contribution in [0.3, 0.4) is 0 Å². The average molecular weight is 240 g/mol. The molecule has 86 valence electrons. The van der Waals surface area contributed by atoms with E-state index < -0.39 is 10.1 Å². The molecule has 1 aromatic carbocycles. The number of phenolic OH excluding ortho intramolecular Hbond substituents is 1. The summed E-state index contributed by atoms with van der Waals surface area (Å²) in [6.45, 7) is 1.85. The molecule has 0 spiro atoms. The van der Waals surface area contributed by atoms with Crippen LogP contribution in [0.15, 0.2) is 18.2 Å². The van der Waals surface area contributed by atoms with Crippen LogP contribution in [-0.2, 0) is 10.1 Å². The van der Waals surface area contributed by atoms with E-state index in [-0.39, 0.29) is 17.1 Å². The van der Waals surface area contributed by atoms with Crippen molar-refractivity contribution in [2.75, 3.05) is 0 Å². The molecule has 4 nitrogen and oxygen atoms in total. The predicted molar refractivity (Wildman–Crippen MR) is 60.6 cm³/mol. The molecule has 0 fully saturated rings. The second-order valence-electron chi connectivity index (χ2n) is 3.88. The molecule has 1 aromatic rings. The zero-order chi connectivity index (χ0) is 11.9. The SMILES string of the molecule is CC1=c2c(O)cccc2=C(S(=O)(=O)O)CC1. The molecule has 1 aliphatic carbocycles. The van der Waals surface area contributed by atoms with Crippen molar-refractivity contribution in [3.05, 3.63) is 28.6 Å². The summed E-state index contributed by atoms with van der Waals surface area (Å²) in [7, 11) is -4.19. The molecule has 2 N–H and O–H groups in total. The predicted octanol–water partition coefficient (Wildman–Crippen LogP) is 0.353. The Morgan fingerprint density at radius 1 is 1.25 bits per heavy atom. The highest BCUT2D eigenvalue weighted by Crippen LogP contribution is 2.19. The molecule has 0 saturated carbocycles. The summed E-state index contributed by atoms with van der Waals surface area (Å²) in [6.07, 6.45) is 0.806. The number of benzene rings is 1. The van der Waals surface area contributed by atoms with Crippen LogP contribution in [0.5, 0.6) is 5.75 Å². The van der Waals surface area contributed by atoms with Crippen molar-refractivity contribution >= 4 is 20.6 Å². The number of phenols is 1. The van der Waals surface area contributed by atoms with Crippen LogP contribution in [0.1, 0.15) is 19.8 Å². The number of aromatic hydroxyl groups is 1. The molecule has 1 aliphatic rings. The molecule has 5 heteroatoms. The lowest BCUT2D eigenvalue weighted by Crippen LogP contribution is -2.33. The standard InChI is InChI=1S/C11H12O4S/c1-7-5-6-10(16(13,14)15)8-3-2-4-9(12)11(7)8/h2-4,12H,5-6H2,1H3,(H,13,14,15). The largest absolute Gasteiger partial charge is 0.507 e. The highest BCUT2D eigenvalue weighted by atomic mass is 32.2. The Morgan fingerprint density at radius 2 is 1.94 bits per heavy atom. The van der Waals surface area contributed by atoms with Crippen molar-refractivity contribution in [2.45, 2.75) is 19.8 Å². The van der Waals surface area contributed by atoms with Crippen LogP contribution < -0.4 is 10.4 Å². The van der Waals surface area contributed by atoms with Gasteiger partial charge in [0.15, 0.2) is 0 Å². The number of hydrogen-bond acceptors (Lipinski definition) is 3. The summed E-state index contributed by atoms with van der Waals surface area (Å²) < 4.78 is 31.5. The Bertz CT molecular complexity index is 656. The van der Waals surface area contributed by atoms with Gasteiger partial charge in [0.05, 0.1) is 4.91 Å². The molecule has 0 atom stereocenters. The van der Waals surface area contributed by atoms with Gasteiger partial charge in [-0.3, -0.25) is 4.55 Å². The van der Waals surface area contributed by atoms with Crippen LogP contribution in [0.2, 0.25) is 0 Å². The fraction of sp³-hybridized carbons (Fsp3) is 0.273. The zero-order valence-electron chi connectivity index (χ0n) is 8.77. The van der Waals surface area contributed by atoms with Crippen LogP contribution in [0.4, 0.5) is 0 Å². The summed E-state index contributed by atoms with van der Waals surface area (Å²) in [5, 5.41) is 10.6. The summed E-state index contributed by atoms with van der Waals surface area (Å²) in [5.41, 5.74) is 0.931. The molecule has 0 aliphatic heterocycles. The van der Waals surface area contributed by atoms with E-state index >= 15 is 0 Å². The second kappa shape index (κ2) is 3.61. The monoisotopic (exact) mass is 240 g/mol. The normalized spacial score (nSPS) is 16.1. The maximum Gasteiger partial charge on any atom is 0.291 e. The van der Waals surface area contributed by atoms with E-state index in [4.69, 9.17) is 4.55 Å². The number of rotatable bonds is 1. The molecule has 0 aromatic heterocycles. The summed E-state index contributed by atoms with van der Waals surface area (Å²) >= 11 is 0. The smallest absolute Gasteiger partial charge is 0.291 e. The van der Waals surface area contributed by atoms with E-state index in [2.05, 4.69) is 0 Å². The third kappa shape index (κ3) is 1.72.